The Morgan fingerprint density at radius 2 is 1.81 bits per heavy atom. The smallest absolute Gasteiger partial charge is 0.257 e. The molecule has 1 fully saturated rings. The van der Waals surface area contributed by atoms with Crippen molar-refractivity contribution in [2.45, 2.75) is 24.3 Å². The molecule has 7 nitrogen and oxygen atoms in total. The fraction of sp³-hybridized carbons (Fsp3) is 0.375. The highest BCUT2D eigenvalue weighted by molar-refractivity contribution is 7.98. The van der Waals surface area contributed by atoms with Crippen LogP contribution in [0.5, 0.6) is 0 Å². The number of amides is 2. The molecule has 2 heterocycles. The summed E-state index contributed by atoms with van der Waals surface area (Å²) in [6.45, 7) is 5.76. The number of oxazole rings is 1. The number of hydrogen-bond donors (Lipinski definition) is 1. The Morgan fingerprint density at radius 1 is 1.06 bits per heavy atom. The Hall–Kier alpha value is -2.84. The van der Waals surface area contributed by atoms with Crippen molar-refractivity contribution in [3.05, 3.63) is 59.7 Å². The zero-order valence-corrected chi connectivity index (χ0v) is 19.1. The lowest BCUT2D eigenvalue weighted by Gasteiger charge is -2.34. The SMILES string of the molecule is CCCNC(=O)CN1CCN(C(=O)c2ccccc2CSc2nc3ccccc3o2)CC1. The maximum atomic E-state index is 13.2. The summed E-state index contributed by atoms with van der Waals surface area (Å²) in [5.74, 6) is 0.689. The summed E-state index contributed by atoms with van der Waals surface area (Å²) in [6, 6.07) is 15.4. The third kappa shape index (κ3) is 5.49. The fourth-order valence-corrected chi connectivity index (χ4v) is 4.55. The Labute approximate surface area is 192 Å². The highest BCUT2D eigenvalue weighted by Gasteiger charge is 2.24. The highest BCUT2D eigenvalue weighted by Crippen LogP contribution is 2.27. The van der Waals surface area contributed by atoms with E-state index in [1.165, 1.54) is 11.8 Å². The molecule has 0 saturated carbocycles. The van der Waals surface area contributed by atoms with E-state index in [2.05, 4.69) is 15.2 Å². The van der Waals surface area contributed by atoms with Gasteiger partial charge in [0.1, 0.15) is 5.52 Å². The van der Waals surface area contributed by atoms with Crippen LogP contribution in [-0.2, 0) is 10.5 Å². The third-order valence-electron chi connectivity index (χ3n) is 5.47. The molecular weight excluding hydrogens is 424 g/mol. The molecule has 0 radical (unpaired) electrons. The molecule has 0 bridgehead atoms. The van der Waals surface area contributed by atoms with Crippen LogP contribution in [0.1, 0.15) is 29.3 Å². The first-order valence-corrected chi connectivity index (χ1v) is 12.0. The molecule has 2 amide bonds. The van der Waals surface area contributed by atoms with Gasteiger partial charge >= 0.3 is 0 Å². The molecule has 0 unspecified atom stereocenters. The van der Waals surface area contributed by atoms with E-state index in [9.17, 15) is 9.59 Å². The average molecular weight is 453 g/mol. The van der Waals surface area contributed by atoms with Crippen LogP contribution >= 0.6 is 11.8 Å². The second-order valence-corrected chi connectivity index (χ2v) is 8.74. The topological polar surface area (TPSA) is 78.7 Å². The van der Waals surface area contributed by atoms with Gasteiger partial charge in [0.2, 0.25) is 5.91 Å². The molecule has 4 rings (SSSR count). The number of carbonyl (C=O) groups is 2. The number of para-hydroxylation sites is 2. The quantitative estimate of drug-likeness (QED) is 0.528. The first kappa shape index (κ1) is 22.4. The lowest BCUT2D eigenvalue weighted by atomic mass is 10.1. The molecule has 8 heteroatoms. The van der Waals surface area contributed by atoms with E-state index in [0.717, 1.165) is 23.1 Å². The zero-order valence-electron chi connectivity index (χ0n) is 18.3. The lowest BCUT2D eigenvalue weighted by molar-refractivity contribution is -0.122. The molecule has 32 heavy (non-hydrogen) atoms. The van der Waals surface area contributed by atoms with Crippen LogP contribution in [0.3, 0.4) is 0 Å². The number of benzene rings is 2. The van der Waals surface area contributed by atoms with E-state index in [1.54, 1.807) is 0 Å². The van der Waals surface area contributed by atoms with E-state index < -0.39 is 0 Å². The number of aromatic nitrogens is 1. The normalized spacial score (nSPS) is 14.6. The van der Waals surface area contributed by atoms with Crippen LogP contribution in [-0.4, -0.2) is 65.9 Å². The maximum absolute atomic E-state index is 13.2. The van der Waals surface area contributed by atoms with Gasteiger partial charge in [-0.1, -0.05) is 49.0 Å². The van der Waals surface area contributed by atoms with Gasteiger partial charge in [0.15, 0.2) is 5.58 Å². The van der Waals surface area contributed by atoms with Crippen molar-refractivity contribution in [3.8, 4) is 0 Å². The first-order chi connectivity index (χ1) is 15.6. The standard InChI is InChI=1S/C24H28N4O3S/c1-2-11-25-22(29)16-27-12-14-28(15-13-27)23(30)19-8-4-3-7-18(19)17-32-24-26-20-9-5-6-10-21(20)31-24/h3-10H,2,11-17H2,1H3,(H,25,29). The maximum Gasteiger partial charge on any atom is 0.257 e. The van der Waals surface area contributed by atoms with Crippen molar-refractivity contribution in [2.24, 2.45) is 0 Å². The monoisotopic (exact) mass is 452 g/mol. The van der Waals surface area contributed by atoms with E-state index in [4.69, 9.17) is 4.42 Å². The fourth-order valence-electron chi connectivity index (χ4n) is 3.71. The minimum atomic E-state index is 0.0360. The zero-order chi connectivity index (χ0) is 22.3. The number of thioether (sulfide) groups is 1. The number of hydrogen-bond acceptors (Lipinski definition) is 6. The summed E-state index contributed by atoms with van der Waals surface area (Å²) in [4.78, 5) is 33.7. The molecular formula is C24H28N4O3S. The van der Waals surface area contributed by atoms with Crippen LogP contribution in [0, 0.1) is 0 Å². The molecule has 168 valence electrons. The Kier molecular flexibility index (Phi) is 7.44. The van der Waals surface area contributed by atoms with Crippen molar-refractivity contribution < 1.29 is 14.0 Å². The molecule has 1 aromatic heterocycles. The molecule has 1 saturated heterocycles. The molecule has 1 aliphatic heterocycles. The van der Waals surface area contributed by atoms with Crippen LogP contribution in [0.25, 0.3) is 11.1 Å². The van der Waals surface area contributed by atoms with Gasteiger partial charge in [-0.05, 0) is 30.2 Å². The summed E-state index contributed by atoms with van der Waals surface area (Å²) in [7, 11) is 0. The second-order valence-electron chi connectivity index (χ2n) is 7.81. The number of carbonyl (C=O) groups excluding carboxylic acids is 2. The highest BCUT2D eigenvalue weighted by atomic mass is 32.2. The minimum Gasteiger partial charge on any atom is -0.431 e. The van der Waals surface area contributed by atoms with Crippen molar-refractivity contribution in [1.82, 2.24) is 20.1 Å². The number of nitrogens with one attached hydrogen (secondary N) is 1. The minimum absolute atomic E-state index is 0.0360. The molecule has 0 aliphatic carbocycles. The molecule has 0 spiro atoms. The van der Waals surface area contributed by atoms with Crippen molar-refractivity contribution in [3.63, 3.8) is 0 Å². The Balaban J connectivity index is 1.35. The summed E-state index contributed by atoms with van der Waals surface area (Å²) in [5.41, 5.74) is 3.28. The summed E-state index contributed by atoms with van der Waals surface area (Å²) >= 11 is 1.49. The van der Waals surface area contributed by atoms with E-state index in [0.29, 0.717) is 55.8 Å². The van der Waals surface area contributed by atoms with Crippen molar-refractivity contribution >= 4 is 34.7 Å². The van der Waals surface area contributed by atoms with Crippen LogP contribution in [0.4, 0.5) is 0 Å². The number of fused-ring (bicyclic) bond motifs is 1. The van der Waals surface area contributed by atoms with Crippen LogP contribution in [0.15, 0.2) is 58.2 Å². The molecule has 2 aromatic carbocycles. The molecule has 1 N–H and O–H groups in total. The first-order valence-electron chi connectivity index (χ1n) is 11.0. The predicted octanol–water partition coefficient (Wildman–Crippen LogP) is 3.40. The largest absolute Gasteiger partial charge is 0.431 e. The molecule has 0 atom stereocenters. The Bertz CT molecular complexity index is 1040. The number of nitrogens with zero attached hydrogens (tertiary/aromatic N) is 3. The summed E-state index contributed by atoms with van der Waals surface area (Å²) in [5, 5.41) is 3.51. The summed E-state index contributed by atoms with van der Waals surface area (Å²) < 4.78 is 5.79. The van der Waals surface area contributed by atoms with Crippen LogP contribution < -0.4 is 5.32 Å². The van der Waals surface area contributed by atoms with Gasteiger partial charge < -0.3 is 14.6 Å². The summed E-state index contributed by atoms with van der Waals surface area (Å²) in [6.07, 6.45) is 0.929. The van der Waals surface area contributed by atoms with E-state index >= 15 is 0 Å². The van der Waals surface area contributed by atoms with Gasteiger partial charge in [0.05, 0.1) is 6.54 Å². The van der Waals surface area contributed by atoms with Crippen molar-refractivity contribution in [2.75, 3.05) is 39.3 Å². The van der Waals surface area contributed by atoms with Gasteiger partial charge in [0.25, 0.3) is 11.1 Å². The predicted molar refractivity (Wildman–Crippen MR) is 126 cm³/mol. The van der Waals surface area contributed by atoms with Gasteiger partial charge in [-0.2, -0.15) is 0 Å². The molecule has 1 aliphatic rings. The average Bonchev–Trinajstić information content (AvgIpc) is 3.25. The third-order valence-corrected chi connectivity index (χ3v) is 6.35. The van der Waals surface area contributed by atoms with Gasteiger partial charge in [-0.15, -0.1) is 0 Å². The van der Waals surface area contributed by atoms with Crippen molar-refractivity contribution in [1.29, 1.82) is 0 Å². The number of rotatable bonds is 8. The Morgan fingerprint density at radius 3 is 2.59 bits per heavy atom. The lowest BCUT2D eigenvalue weighted by Crippen LogP contribution is -2.51. The van der Waals surface area contributed by atoms with Crippen LogP contribution in [0.2, 0.25) is 0 Å². The van der Waals surface area contributed by atoms with Gasteiger partial charge in [-0.25, -0.2) is 4.98 Å². The second kappa shape index (κ2) is 10.7. The van der Waals surface area contributed by atoms with E-state index in [-0.39, 0.29) is 11.8 Å². The number of piperazine rings is 1. The molecule has 3 aromatic rings. The van der Waals surface area contributed by atoms with E-state index in [1.807, 2.05) is 60.4 Å². The van der Waals surface area contributed by atoms with Gasteiger partial charge in [-0.3, -0.25) is 14.5 Å². The van der Waals surface area contributed by atoms with Gasteiger partial charge in [0, 0.05) is 44.0 Å².